The van der Waals surface area contributed by atoms with Crippen LogP contribution in [0, 0.1) is 0 Å². The summed E-state index contributed by atoms with van der Waals surface area (Å²) in [7, 11) is 1.43. The molecular weight excluding hydrogens is 390 g/mol. The second-order valence-corrected chi connectivity index (χ2v) is 7.31. The maximum absolute atomic E-state index is 12.8. The number of carbonyl (C=O) groups is 3. The van der Waals surface area contributed by atoms with Crippen LogP contribution >= 0.6 is 11.6 Å². The first kappa shape index (κ1) is 21.0. The number of amides is 3. The van der Waals surface area contributed by atoms with E-state index >= 15 is 0 Å². The van der Waals surface area contributed by atoms with Gasteiger partial charge in [0.2, 0.25) is 0 Å². The van der Waals surface area contributed by atoms with E-state index in [1.807, 2.05) is 24.3 Å². The molecule has 0 fully saturated rings. The van der Waals surface area contributed by atoms with Gasteiger partial charge in [-0.3, -0.25) is 24.2 Å². The number of imide groups is 1. The van der Waals surface area contributed by atoms with Gasteiger partial charge >= 0.3 is 0 Å². The lowest BCUT2D eigenvalue weighted by Gasteiger charge is -2.31. The van der Waals surface area contributed by atoms with Crippen molar-refractivity contribution in [3.05, 3.63) is 69.7 Å². The number of likely N-dealkylation sites (N-methyl/N-ethyl adjacent to an activating group) is 1. The van der Waals surface area contributed by atoms with E-state index in [1.54, 1.807) is 6.07 Å². The summed E-state index contributed by atoms with van der Waals surface area (Å²) in [5, 5.41) is 3.61. The fraction of sp³-hybridized carbons (Fsp3) is 0.318. The SMILES string of the molecule is CCN(CC)C(CNC(=O)c1ccc2c(c1)C(=O)N(C)C2=O)c1ccccc1Cl. The van der Waals surface area contributed by atoms with Crippen LogP contribution in [-0.4, -0.2) is 54.2 Å². The first-order chi connectivity index (χ1) is 13.9. The molecule has 1 aliphatic heterocycles. The van der Waals surface area contributed by atoms with Crippen molar-refractivity contribution in [1.29, 1.82) is 0 Å². The first-order valence-electron chi connectivity index (χ1n) is 9.62. The zero-order chi connectivity index (χ0) is 21.1. The van der Waals surface area contributed by atoms with E-state index in [2.05, 4.69) is 24.1 Å². The van der Waals surface area contributed by atoms with Gasteiger partial charge in [-0.15, -0.1) is 0 Å². The lowest BCUT2D eigenvalue weighted by Crippen LogP contribution is -2.38. The van der Waals surface area contributed by atoms with Gasteiger partial charge in [0.25, 0.3) is 17.7 Å². The summed E-state index contributed by atoms with van der Waals surface area (Å²) in [4.78, 5) is 40.2. The van der Waals surface area contributed by atoms with E-state index in [9.17, 15) is 14.4 Å². The van der Waals surface area contributed by atoms with Gasteiger partial charge in [-0.25, -0.2) is 0 Å². The maximum atomic E-state index is 12.8. The quantitative estimate of drug-likeness (QED) is 0.706. The van der Waals surface area contributed by atoms with Crippen LogP contribution < -0.4 is 5.32 Å². The van der Waals surface area contributed by atoms with Crippen LogP contribution in [0.15, 0.2) is 42.5 Å². The smallest absolute Gasteiger partial charge is 0.261 e. The molecule has 1 atom stereocenters. The Labute approximate surface area is 175 Å². The van der Waals surface area contributed by atoms with E-state index in [0.717, 1.165) is 23.6 Å². The van der Waals surface area contributed by atoms with Crippen LogP contribution in [0.1, 0.15) is 56.5 Å². The van der Waals surface area contributed by atoms with Crippen molar-refractivity contribution in [3.63, 3.8) is 0 Å². The van der Waals surface area contributed by atoms with E-state index in [0.29, 0.717) is 22.7 Å². The molecule has 1 unspecified atom stereocenters. The predicted molar refractivity (Wildman–Crippen MR) is 112 cm³/mol. The number of carbonyl (C=O) groups excluding carboxylic acids is 3. The minimum atomic E-state index is -0.392. The van der Waals surface area contributed by atoms with Crippen LogP contribution in [0.25, 0.3) is 0 Å². The van der Waals surface area contributed by atoms with Gasteiger partial charge in [-0.2, -0.15) is 0 Å². The summed E-state index contributed by atoms with van der Waals surface area (Å²) in [6, 6.07) is 12.1. The number of hydrogen-bond acceptors (Lipinski definition) is 4. The van der Waals surface area contributed by atoms with E-state index in [4.69, 9.17) is 11.6 Å². The third-order valence-electron chi connectivity index (χ3n) is 5.33. The number of hydrogen-bond donors (Lipinski definition) is 1. The topological polar surface area (TPSA) is 69.7 Å². The Bertz CT molecular complexity index is 956. The van der Waals surface area contributed by atoms with Gasteiger partial charge in [-0.05, 0) is 42.9 Å². The Morgan fingerprint density at radius 1 is 1.07 bits per heavy atom. The molecule has 0 radical (unpaired) electrons. The fourth-order valence-electron chi connectivity index (χ4n) is 3.64. The summed E-state index contributed by atoms with van der Waals surface area (Å²) in [6.07, 6.45) is 0. The number of nitrogens with one attached hydrogen (secondary N) is 1. The molecule has 3 rings (SSSR count). The van der Waals surface area contributed by atoms with Crippen molar-refractivity contribution in [2.45, 2.75) is 19.9 Å². The lowest BCUT2D eigenvalue weighted by atomic mass is 10.0. The molecule has 2 aromatic carbocycles. The third kappa shape index (κ3) is 4.04. The predicted octanol–water partition coefficient (Wildman–Crippen LogP) is 3.38. The molecule has 1 aliphatic rings. The van der Waals surface area contributed by atoms with E-state index in [-0.39, 0.29) is 23.4 Å². The van der Waals surface area contributed by atoms with Crippen molar-refractivity contribution < 1.29 is 14.4 Å². The van der Waals surface area contributed by atoms with E-state index < -0.39 is 5.91 Å². The molecule has 0 aliphatic carbocycles. The molecular formula is C22H24ClN3O3. The van der Waals surface area contributed by atoms with Gasteiger partial charge in [0.1, 0.15) is 0 Å². The van der Waals surface area contributed by atoms with Crippen molar-refractivity contribution in [3.8, 4) is 0 Å². The molecule has 29 heavy (non-hydrogen) atoms. The number of benzene rings is 2. The average Bonchev–Trinajstić information content (AvgIpc) is 2.95. The second-order valence-electron chi connectivity index (χ2n) is 6.90. The van der Waals surface area contributed by atoms with Crippen molar-refractivity contribution in [2.24, 2.45) is 0 Å². The van der Waals surface area contributed by atoms with Gasteiger partial charge < -0.3 is 5.32 Å². The number of rotatable bonds is 7. The number of halogens is 1. The van der Waals surface area contributed by atoms with Crippen LogP contribution in [0.4, 0.5) is 0 Å². The highest BCUT2D eigenvalue weighted by Gasteiger charge is 2.33. The number of nitrogens with zero attached hydrogens (tertiary/aromatic N) is 2. The van der Waals surface area contributed by atoms with Crippen molar-refractivity contribution >= 4 is 29.3 Å². The highest BCUT2D eigenvalue weighted by molar-refractivity contribution is 6.31. The molecule has 7 heteroatoms. The van der Waals surface area contributed by atoms with Crippen LogP contribution in [0.2, 0.25) is 5.02 Å². The maximum Gasteiger partial charge on any atom is 0.261 e. The monoisotopic (exact) mass is 413 g/mol. The second kappa shape index (κ2) is 8.76. The van der Waals surface area contributed by atoms with Gasteiger partial charge in [-0.1, -0.05) is 43.6 Å². The molecule has 0 bridgehead atoms. The van der Waals surface area contributed by atoms with Crippen molar-refractivity contribution in [2.75, 3.05) is 26.7 Å². The molecule has 0 spiro atoms. The van der Waals surface area contributed by atoms with Gasteiger partial charge in [0.05, 0.1) is 17.2 Å². The normalized spacial score (nSPS) is 14.3. The molecule has 152 valence electrons. The summed E-state index contributed by atoms with van der Waals surface area (Å²) in [5.41, 5.74) is 1.88. The lowest BCUT2D eigenvalue weighted by molar-refractivity contribution is 0.0693. The molecule has 0 saturated carbocycles. The highest BCUT2D eigenvalue weighted by atomic mass is 35.5. The Hall–Kier alpha value is -2.70. The largest absolute Gasteiger partial charge is 0.350 e. The molecule has 1 heterocycles. The summed E-state index contributed by atoms with van der Waals surface area (Å²) < 4.78 is 0. The molecule has 3 amide bonds. The molecule has 1 N–H and O–H groups in total. The van der Waals surface area contributed by atoms with Gasteiger partial charge in [0, 0.05) is 24.2 Å². The first-order valence-corrected chi connectivity index (χ1v) is 9.99. The Balaban J connectivity index is 1.80. The van der Waals surface area contributed by atoms with Gasteiger partial charge in [0.15, 0.2) is 0 Å². The minimum absolute atomic E-state index is 0.0774. The Morgan fingerprint density at radius 2 is 1.72 bits per heavy atom. The summed E-state index contributed by atoms with van der Waals surface area (Å²) in [5.74, 6) is -1.04. The zero-order valence-corrected chi connectivity index (χ0v) is 17.5. The van der Waals surface area contributed by atoms with Crippen LogP contribution in [0.3, 0.4) is 0 Å². The molecule has 2 aromatic rings. The van der Waals surface area contributed by atoms with Crippen molar-refractivity contribution in [1.82, 2.24) is 15.1 Å². The minimum Gasteiger partial charge on any atom is -0.350 e. The van der Waals surface area contributed by atoms with Crippen LogP contribution in [-0.2, 0) is 0 Å². The molecule has 6 nitrogen and oxygen atoms in total. The molecule has 0 saturated heterocycles. The fourth-order valence-corrected chi connectivity index (χ4v) is 3.90. The third-order valence-corrected chi connectivity index (χ3v) is 5.67. The Kier molecular flexibility index (Phi) is 6.35. The van der Waals surface area contributed by atoms with Crippen LogP contribution in [0.5, 0.6) is 0 Å². The average molecular weight is 414 g/mol. The summed E-state index contributed by atoms with van der Waals surface area (Å²) in [6.45, 7) is 6.12. The Morgan fingerprint density at radius 3 is 2.38 bits per heavy atom. The molecule has 0 aromatic heterocycles. The van der Waals surface area contributed by atoms with E-state index in [1.165, 1.54) is 19.2 Å². The summed E-state index contributed by atoms with van der Waals surface area (Å²) >= 11 is 6.40. The zero-order valence-electron chi connectivity index (χ0n) is 16.7. The highest BCUT2D eigenvalue weighted by Crippen LogP contribution is 2.27. The standard InChI is InChI=1S/C22H24ClN3O3/c1-4-26(5-2)19(16-8-6-7-9-18(16)23)13-24-20(27)14-10-11-15-17(12-14)22(29)25(3)21(15)28/h6-12,19H,4-5,13H2,1-3H3,(H,24,27). The number of fused-ring (bicyclic) bond motifs is 1.